The van der Waals surface area contributed by atoms with Gasteiger partial charge in [0.25, 0.3) is 0 Å². The van der Waals surface area contributed by atoms with Crippen molar-refractivity contribution in [3.8, 4) is 46.0 Å². The van der Waals surface area contributed by atoms with Gasteiger partial charge in [0, 0.05) is 92.4 Å². The monoisotopic (exact) mass is 1590 g/mol. The van der Waals surface area contributed by atoms with Crippen LogP contribution in [0, 0.1) is 0 Å². The third-order valence-corrected chi connectivity index (χ3v) is 33.8. The lowest BCUT2D eigenvalue weighted by molar-refractivity contribution is 0.438. The Labute approximate surface area is 665 Å². The van der Waals surface area contributed by atoms with Crippen molar-refractivity contribution in [2.45, 2.75) is 229 Å². The number of hydrogen-bond donors (Lipinski definition) is 0. The molecule has 108 heavy (non-hydrogen) atoms. The van der Waals surface area contributed by atoms with E-state index < -0.39 is 26.0 Å². The van der Waals surface area contributed by atoms with E-state index in [4.69, 9.17) is 83.4 Å². The molecule has 0 aromatic heterocycles. The SMILES string of the molecule is C=CCCCCCCCCC1c2cc3c4cc2OP(=S)(c2ccccc2)Oc2cc5c(cc21)C(CCCCCCCCC=C)c1cc2c(cc1OP(=S)(c1ccccc1)O5)OP(=S)(c1ccccc1)Oc1cc(c(cc1C2CCCCCCCCC=C)C3CCCCCCCCC=C)OP(=S)(c1ccccc1)O4. The maximum Gasteiger partial charge on any atom is 0.319 e. The summed E-state index contributed by atoms with van der Waals surface area (Å²) >= 11 is 28.4. The van der Waals surface area contributed by atoms with E-state index in [-0.39, 0.29) is 23.7 Å². The molecular weight excluding hydrogens is 1490 g/mol. The zero-order valence-electron chi connectivity index (χ0n) is 62.9. The summed E-state index contributed by atoms with van der Waals surface area (Å²) in [7, 11) is 0. The summed E-state index contributed by atoms with van der Waals surface area (Å²) in [5.41, 5.74) is 8.30. The normalized spacial score (nSPS) is 21.7. The smallest absolute Gasteiger partial charge is 0.319 e. The molecule has 0 atom stereocenters. The van der Waals surface area contributed by atoms with E-state index in [1.165, 1.54) is 25.7 Å². The van der Waals surface area contributed by atoms with Gasteiger partial charge in [-0.3, -0.25) is 0 Å². The Morgan fingerprint density at radius 2 is 0.380 bits per heavy atom. The van der Waals surface area contributed by atoms with Crippen LogP contribution in [-0.4, -0.2) is 0 Å². The lowest BCUT2D eigenvalue weighted by Gasteiger charge is -2.39. The fourth-order valence-electron chi connectivity index (χ4n) is 16.5. The molecule has 1 aliphatic carbocycles. The maximum absolute atomic E-state index is 7.77. The number of allylic oxidation sites excluding steroid dienone is 4. The van der Waals surface area contributed by atoms with Gasteiger partial charge in [-0.15, -0.1) is 26.3 Å². The van der Waals surface area contributed by atoms with E-state index in [1.54, 1.807) is 0 Å². The first-order chi connectivity index (χ1) is 52.8. The average molecular weight is 1590 g/mol. The molecule has 4 aliphatic heterocycles. The van der Waals surface area contributed by atoms with Gasteiger partial charge in [-0.2, -0.15) is 0 Å². The van der Waals surface area contributed by atoms with Crippen LogP contribution in [0.15, 0.2) is 220 Å². The zero-order valence-corrected chi connectivity index (χ0v) is 69.8. The quantitative estimate of drug-likeness (QED) is 0.0209. The molecular formula is C92H108O8P4S4. The molecule has 0 saturated carbocycles. The Bertz CT molecular complexity index is 3900. The zero-order chi connectivity index (χ0) is 74.8. The summed E-state index contributed by atoms with van der Waals surface area (Å²) in [6.07, 6.45) is 41.9. The van der Waals surface area contributed by atoms with Gasteiger partial charge >= 0.3 is 26.0 Å². The first-order valence-corrected chi connectivity index (χ1v) is 50.7. The van der Waals surface area contributed by atoms with Crippen molar-refractivity contribution in [1.29, 1.82) is 0 Å². The van der Waals surface area contributed by atoms with Crippen LogP contribution < -0.4 is 57.4 Å². The number of hydrogen-bond acceptors (Lipinski definition) is 12. The molecule has 0 radical (unpaired) electrons. The average Bonchev–Trinajstić information content (AvgIpc) is 0.722. The molecule has 8 aromatic carbocycles. The van der Waals surface area contributed by atoms with Crippen molar-refractivity contribution >= 4 is 94.4 Å². The van der Waals surface area contributed by atoms with Gasteiger partial charge < -0.3 is 36.2 Å². The minimum absolute atomic E-state index is 0.264. The van der Waals surface area contributed by atoms with Gasteiger partial charge in [-0.1, -0.05) is 226 Å². The van der Waals surface area contributed by atoms with Crippen molar-refractivity contribution in [3.63, 3.8) is 0 Å². The Morgan fingerprint density at radius 1 is 0.222 bits per heavy atom. The maximum atomic E-state index is 7.77. The molecule has 4 heterocycles. The summed E-state index contributed by atoms with van der Waals surface area (Å²) in [6, 6.07) is 59.0. The number of benzene rings is 8. The fraction of sp³-hybridized carbons (Fsp3) is 0.391. The van der Waals surface area contributed by atoms with Crippen LogP contribution in [0.3, 0.4) is 0 Å². The van der Waals surface area contributed by atoms with Crippen molar-refractivity contribution in [1.82, 2.24) is 0 Å². The van der Waals surface area contributed by atoms with E-state index in [9.17, 15) is 0 Å². The largest absolute Gasteiger partial charge is 0.432 e. The lowest BCUT2D eigenvalue weighted by Crippen LogP contribution is -2.24. The van der Waals surface area contributed by atoms with Gasteiger partial charge in [0.15, 0.2) is 0 Å². The Hall–Kier alpha value is -6.28. The highest BCUT2D eigenvalue weighted by molar-refractivity contribution is 8.15. The highest BCUT2D eigenvalue weighted by Crippen LogP contribution is 2.66. The van der Waals surface area contributed by atoms with Gasteiger partial charge in [0.1, 0.15) is 46.0 Å². The van der Waals surface area contributed by atoms with Crippen LogP contribution in [0.4, 0.5) is 0 Å². The Morgan fingerprint density at radius 3 is 0.546 bits per heavy atom. The third-order valence-electron chi connectivity index (χ3n) is 22.2. The van der Waals surface area contributed by atoms with Crippen molar-refractivity contribution in [3.05, 3.63) is 265 Å². The van der Waals surface area contributed by atoms with Gasteiger partial charge in [-0.25, -0.2) is 0 Å². The first-order valence-electron chi connectivity index (χ1n) is 40.2. The van der Waals surface area contributed by atoms with Crippen molar-refractivity contribution in [2.24, 2.45) is 0 Å². The number of unbranched alkanes of at least 4 members (excludes halogenated alkanes) is 24. The van der Waals surface area contributed by atoms with Crippen LogP contribution in [0.5, 0.6) is 46.0 Å². The summed E-state index contributed by atoms with van der Waals surface area (Å²) in [5, 5.41) is 3.08. The minimum Gasteiger partial charge on any atom is -0.432 e. The molecule has 5 aliphatic rings. The Kier molecular flexibility index (Phi) is 28.3. The molecule has 0 fully saturated rings. The Balaban J connectivity index is 1.14. The van der Waals surface area contributed by atoms with E-state index in [1.807, 2.05) is 146 Å². The predicted molar refractivity (Wildman–Crippen MR) is 468 cm³/mol. The van der Waals surface area contributed by atoms with Crippen LogP contribution >= 0.6 is 26.0 Å². The first kappa shape index (κ1) is 79.8. The second-order valence-corrected chi connectivity index (χ2v) is 43.2. The highest BCUT2D eigenvalue weighted by atomic mass is 32.5. The van der Waals surface area contributed by atoms with E-state index in [0.29, 0.717) is 46.0 Å². The van der Waals surface area contributed by atoms with Crippen molar-refractivity contribution < 1.29 is 36.2 Å². The molecule has 8 bridgehead atoms. The second-order valence-electron chi connectivity index (χ2n) is 29.9. The van der Waals surface area contributed by atoms with Crippen molar-refractivity contribution in [2.75, 3.05) is 0 Å². The summed E-state index contributed by atoms with van der Waals surface area (Å²) < 4.78 is 62.2. The molecule has 8 aromatic rings. The van der Waals surface area contributed by atoms with E-state index >= 15 is 0 Å². The summed E-state index contributed by atoms with van der Waals surface area (Å²) in [4.78, 5) is 0. The van der Waals surface area contributed by atoms with E-state index in [0.717, 1.165) is 246 Å². The predicted octanol–water partition coefficient (Wildman–Crippen LogP) is 27.4. The molecule has 568 valence electrons. The van der Waals surface area contributed by atoms with Crippen LogP contribution in [0.1, 0.15) is 274 Å². The van der Waals surface area contributed by atoms with Gasteiger partial charge in [-0.05, 0) is 197 Å². The lowest BCUT2D eigenvalue weighted by atomic mass is 9.76. The second kappa shape index (κ2) is 38.3. The third kappa shape index (κ3) is 19.1. The molecule has 0 spiro atoms. The molecule has 0 N–H and O–H groups in total. The molecule has 0 amide bonds. The topological polar surface area (TPSA) is 73.8 Å². The molecule has 16 heteroatoms. The van der Waals surface area contributed by atoms with Gasteiger partial charge in [0.2, 0.25) is 0 Å². The standard InChI is InChI=1S/C92H108O8P4S4/c1-5-9-13-17-21-25-29-45-57-73-77-61-79-74(58-46-30-26-22-18-14-10-6-2)81-63-83-76(60-48-32-28-24-20-16-12-8-4)84-64-82-75(59-47-31-27-23-19-15-11-7-3)80-62-78(73)86-66-88(80)96-103(107,71-53-41-35-42-54-71)98-90(82)68-92(84)100-104(108,72-55-43-36-44-56-72)99-91(83)67-89(81)97-102(106,70-51-39-34-40-52-70)95-87(79)65-85(77)93-101(105,94-86)69-49-37-33-38-50-69/h5-8,33-44,49-56,61-68,73-76H,1-4,9-32,45-48,57-60H2. The summed E-state index contributed by atoms with van der Waals surface area (Å²) in [6.45, 7) is 1.82. The van der Waals surface area contributed by atoms with Crippen LogP contribution in [0.25, 0.3) is 0 Å². The number of rotatable bonds is 40. The summed E-state index contributed by atoms with van der Waals surface area (Å²) in [5.74, 6) is 3.93. The molecule has 0 unspecified atom stereocenters. The molecule has 8 nitrogen and oxygen atoms in total. The fourth-order valence-corrected chi connectivity index (χ4v) is 26.3. The molecule has 0 saturated heterocycles. The van der Waals surface area contributed by atoms with E-state index in [2.05, 4.69) is 74.8 Å². The van der Waals surface area contributed by atoms with Crippen LogP contribution in [0.2, 0.25) is 0 Å². The van der Waals surface area contributed by atoms with Gasteiger partial charge in [0.05, 0.1) is 21.2 Å². The molecule has 13 rings (SSSR count). The minimum atomic E-state index is -3.58. The van der Waals surface area contributed by atoms with Crippen LogP contribution in [-0.2, 0) is 47.2 Å². The highest BCUT2D eigenvalue weighted by Gasteiger charge is 2.45.